The minimum absolute atomic E-state index is 0.414. The van der Waals surface area contributed by atoms with E-state index in [1.165, 1.54) is 13.2 Å². The van der Waals surface area contributed by atoms with E-state index < -0.39 is 27.0 Å². The summed E-state index contributed by atoms with van der Waals surface area (Å²) in [5.74, 6) is 0.550. The Morgan fingerprint density at radius 1 is 1.10 bits per heavy atom. The van der Waals surface area contributed by atoms with E-state index in [2.05, 4.69) is 0 Å². The molecule has 0 aliphatic carbocycles. The molecule has 0 aliphatic rings. The molecule has 0 fully saturated rings. The predicted molar refractivity (Wildman–Crippen MR) is 72.4 cm³/mol. The Morgan fingerprint density at radius 2 is 1.67 bits per heavy atom. The highest BCUT2D eigenvalue weighted by Gasteiger charge is 2.48. The van der Waals surface area contributed by atoms with Gasteiger partial charge in [-0.1, -0.05) is 18.2 Å². The molecular weight excluding hydrogens is 307 g/mol. The number of alkyl halides is 3. The van der Waals surface area contributed by atoms with Gasteiger partial charge in [0.1, 0.15) is 5.75 Å². The Labute approximate surface area is 119 Å². The Hall–Kier alpha value is -1.80. The first-order valence-electron chi connectivity index (χ1n) is 5.79. The Balaban J connectivity index is 2.60. The molecule has 8 heteroatoms. The van der Waals surface area contributed by atoms with E-state index in [4.69, 9.17) is 9.88 Å². The molecule has 0 spiro atoms. The zero-order valence-electron chi connectivity index (χ0n) is 10.9. The van der Waals surface area contributed by atoms with Gasteiger partial charge in [0.05, 0.1) is 7.11 Å². The predicted octanol–water partition coefficient (Wildman–Crippen LogP) is 2.74. The Bertz CT molecular complexity index is 772. The van der Waals surface area contributed by atoms with E-state index in [0.29, 0.717) is 16.5 Å². The summed E-state index contributed by atoms with van der Waals surface area (Å²) in [5, 5.41) is 3.08. The van der Waals surface area contributed by atoms with Crippen LogP contribution in [-0.2, 0) is 10.0 Å². The molecule has 4 nitrogen and oxygen atoms in total. The van der Waals surface area contributed by atoms with Crippen LogP contribution in [-0.4, -0.2) is 21.7 Å². The summed E-state index contributed by atoms with van der Waals surface area (Å²) >= 11 is 0. The number of nitrogens with two attached hydrogens (primary N) is 1. The zero-order valence-corrected chi connectivity index (χ0v) is 11.7. The van der Waals surface area contributed by atoms with E-state index in [0.717, 1.165) is 12.1 Å². The number of hydrogen-bond acceptors (Lipinski definition) is 3. The monoisotopic (exact) mass is 319 g/mol. The fourth-order valence-corrected chi connectivity index (χ4v) is 3.00. The van der Waals surface area contributed by atoms with Gasteiger partial charge in [-0.25, -0.2) is 13.6 Å². The maximum Gasteiger partial charge on any atom is 0.410 e. The van der Waals surface area contributed by atoms with Crippen molar-refractivity contribution in [2.24, 2.45) is 5.14 Å². The van der Waals surface area contributed by atoms with Gasteiger partial charge in [-0.3, -0.25) is 0 Å². The summed E-state index contributed by atoms with van der Waals surface area (Å²) in [6.45, 7) is 0. The number of primary sulfonamides is 1. The molecule has 0 aromatic heterocycles. The highest BCUT2D eigenvalue weighted by Crippen LogP contribution is 2.38. The summed E-state index contributed by atoms with van der Waals surface area (Å²) < 4.78 is 66.3. The molecule has 2 aromatic carbocycles. The minimum atomic E-state index is -4.98. The van der Waals surface area contributed by atoms with Gasteiger partial charge in [0.2, 0.25) is 10.0 Å². The van der Waals surface area contributed by atoms with Crippen LogP contribution in [0.1, 0.15) is 10.8 Å². The lowest BCUT2D eigenvalue weighted by molar-refractivity contribution is -0.131. The zero-order chi connectivity index (χ0) is 15.8. The quantitative estimate of drug-likeness (QED) is 0.946. The van der Waals surface area contributed by atoms with Crippen molar-refractivity contribution in [3.05, 3.63) is 42.0 Å². The third-order valence-corrected chi connectivity index (χ3v) is 4.20. The standard InChI is InChI=1S/C13H12F3NO3S/c1-20-11-5-4-8-6-10(3-2-9(8)7-11)12(13(14,15)16)21(17,18)19/h2-7,12H,1H3,(H2,17,18,19). The van der Waals surface area contributed by atoms with Crippen molar-refractivity contribution in [2.75, 3.05) is 7.11 Å². The number of fused-ring (bicyclic) bond motifs is 1. The van der Waals surface area contributed by atoms with Gasteiger partial charge < -0.3 is 4.74 Å². The average Bonchev–Trinajstić information content (AvgIpc) is 2.34. The van der Waals surface area contributed by atoms with E-state index in [9.17, 15) is 21.6 Å². The molecule has 0 saturated carbocycles. The summed E-state index contributed by atoms with van der Waals surface area (Å²) in [5.41, 5.74) is -0.414. The number of methoxy groups -OCH3 is 1. The van der Waals surface area contributed by atoms with Crippen LogP contribution in [0.15, 0.2) is 36.4 Å². The lowest BCUT2D eigenvalue weighted by Gasteiger charge is -2.19. The van der Waals surface area contributed by atoms with Gasteiger partial charge >= 0.3 is 6.18 Å². The van der Waals surface area contributed by atoms with Crippen molar-refractivity contribution in [3.63, 3.8) is 0 Å². The lowest BCUT2D eigenvalue weighted by atomic mass is 10.0. The number of hydrogen-bond donors (Lipinski definition) is 1. The van der Waals surface area contributed by atoms with Gasteiger partial charge in [0, 0.05) is 0 Å². The lowest BCUT2D eigenvalue weighted by Crippen LogP contribution is -2.33. The summed E-state index contributed by atoms with van der Waals surface area (Å²) in [6.07, 6.45) is -4.98. The first-order valence-corrected chi connectivity index (χ1v) is 7.40. The molecule has 0 saturated heterocycles. The van der Waals surface area contributed by atoms with Crippen molar-refractivity contribution < 1.29 is 26.3 Å². The molecule has 0 amide bonds. The molecule has 1 unspecified atom stereocenters. The SMILES string of the molecule is COc1ccc2cc(C(C(F)(F)F)S(N)(=O)=O)ccc2c1. The van der Waals surface area contributed by atoms with E-state index in [-0.39, 0.29) is 0 Å². The Morgan fingerprint density at radius 3 is 2.19 bits per heavy atom. The summed E-state index contributed by atoms with van der Waals surface area (Å²) in [6, 6.07) is 8.43. The maximum atomic E-state index is 12.9. The molecular formula is C13H12F3NO3S. The molecule has 2 rings (SSSR count). The topological polar surface area (TPSA) is 69.4 Å². The third-order valence-electron chi connectivity index (χ3n) is 3.00. The van der Waals surface area contributed by atoms with Gasteiger partial charge in [-0.15, -0.1) is 0 Å². The van der Waals surface area contributed by atoms with Crippen LogP contribution < -0.4 is 9.88 Å². The number of benzene rings is 2. The highest BCUT2D eigenvalue weighted by molar-refractivity contribution is 7.89. The first kappa shape index (κ1) is 15.6. The van der Waals surface area contributed by atoms with Crippen LogP contribution in [0.25, 0.3) is 10.8 Å². The van der Waals surface area contributed by atoms with E-state index >= 15 is 0 Å². The first-order chi connectivity index (χ1) is 9.63. The van der Waals surface area contributed by atoms with Crippen LogP contribution in [0.3, 0.4) is 0 Å². The van der Waals surface area contributed by atoms with Crippen LogP contribution in [0.5, 0.6) is 5.75 Å². The van der Waals surface area contributed by atoms with Crippen molar-refractivity contribution in [2.45, 2.75) is 11.4 Å². The number of rotatable bonds is 3. The second-order valence-corrected chi connectivity index (χ2v) is 6.13. The van der Waals surface area contributed by atoms with Gasteiger partial charge in [0.15, 0.2) is 5.25 Å². The molecule has 2 aromatic rings. The fourth-order valence-electron chi connectivity index (χ4n) is 2.10. The highest BCUT2D eigenvalue weighted by atomic mass is 32.2. The second kappa shape index (κ2) is 5.19. The van der Waals surface area contributed by atoms with Crippen LogP contribution in [0.4, 0.5) is 13.2 Å². The average molecular weight is 319 g/mol. The summed E-state index contributed by atoms with van der Waals surface area (Å²) in [4.78, 5) is 0. The fraction of sp³-hybridized carbons (Fsp3) is 0.231. The van der Waals surface area contributed by atoms with Crippen LogP contribution >= 0.6 is 0 Å². The molecule has 0 bridgehead atoms. The van der Waals surface area contributed by atoms with Crippen molar-refractivity contribution in [1.82, 2.24) is 0 Å². The third kappa shape index (κ3) is 3.27. The van der Waals surface area contributed by atoms with Gasteiger partial charge in [-0.05, 0) is 34.5 Å². The van der Waals surface area contributed by atoms with Crippen LogP contribution in [0.2, 0.25) is 0 Å². The molecule has 0 aliphatic heterocycles. The van der Waals surface area contributed by atoms with E-state index in [1.807, 2.05) is 0 Å². The number of ether oxygens (including phenoxy) is 1. The molecule has 21 heavy (non-hydrogen) atoms. The second-order valence-electron chi connectivity index (χ2n) is 4.48. The van der Waals surface area contributed by atoms with Gasteiger partial charge in [-0.2, -0.15) is 13.2 Å². The van der Waals surface area contributed by atoms with Crippen LogP contribution in [0, 0.1) is 0 Å². The van der Waals surface area contributed by atoms with Crippen molar-refractivity contribution >= 4 is 20.8 Å². The molecule has 0 radical (unpaired) electrons. The van der Waals surface area contributed by atoms with Crippen molar-refractivity contribution in [1.29, 1.82) is 0 Å². The largest absolute Gasteiger partial charge is 0.497 e. The van der Waals surface area contributed by atoms with Gasteiger partial charge in [0.25, 0.3) is 0 Å². The number of halogens is 3. The molecule has 2 N–H and O–H groups in total. The molecule has 114 valence electrons. The van der Waals surface area contributed by atoms with Crippen molar-refractivity contribution in [3.8, 4) is 5.75 Å². The molecule has 1 atom stereocenters. The Kier molecular flexibility index (Phi) is 3.85. The number of sulfonamides is 1. The smallest absolute Gasteiger partial charge is 0.410 e. The maximum absolute atomic E-state index is 12.9. The van der Waals surface area contributed by atoms with E-state index in [1.54, 1.807) is 18.2 Å². The molecule has 0 heterocycles. The summed E-state index contributed by atoms with van der Waals surface area (Å²) in [7, 11) is -3.34. The normalized spacial score (nSPS) is 14.1. The minimum Gasteiger partial charge on any atom is -0.497 e.